The number of amides is 1. The number of nitrogens with one attached hydrogen (secondary N) is 3. The lowest BCUT2D eigenvalue weighted by molar-refractivity contribution is 0.0954. The molecule has 0 bridgehead atoms. The van der Waals surface area contributed by atoms with E-state index in [0.29, 0.717) is 30.6 Å². The van der Waals surface area contributed by atoms with Crippen LogP contribution in [-0.2, 0) is 0 Å². The van der Waals surface area contributed by atoms with E-state index < -0.39 is 0 Å². The number of aliphatic imine (C=N–C) groups is 1. The Morgan fingerprint density at radius 2 is 1.67 bits per heavy atom. The molecule has 1 rings (SSSR count). The minimum atomic E-state index is -0.0550. The van der Waals surface area contributed by atoms with Gasteiger partial charge in [0, 0.05) is 31.7 Å². The highest BCUT2D eigenvalue weighted by atomic mass is 127. The van der Waals surface area contributed by atoms with E-state index in [2.05, 4.69) is 41.7 Å². The van der Waals surface area contributed by atoms with Gasteiger partial charge < -0.3 is 16.0 Å². The van der Waals surface area contributed by atoms with E-state index in [9.17, 15) is 4.79 Å². The standard InChI is InChI=1S/C18H30N4O.HI/c1-14(2)10-11-15(3)22-18(19-4)21-13-12-20-17(23)16-8-6-5-7-9-16;/h5-9,14-15H,10-13H2,1-4H3,(H,20,23)(H2,19,21,22);1H. The predicted molar refractivity (Wildman–Crippen MR) is 112 cm³/mol. The van der Waals surface area contributed by atoms with Crippen LogP contribution >= 0.6 is 24.0 Å². The Kier molecular flexibility index (Phi) is 12.3. The third-order valence-corrected chi connectivity index (χ3v) is 3.52. The monoisotopic (exact) mass is 446 g/mol. The van der Waals surface area contributed by atoms with Crippen molar-refractivity contribution < 1.29 is 4.79 Å². The molecule has 0 radical (unpaired) electrons. The van der Waals surface area contributed by atoms with Crippen molar-refractivity contribution in [2.75, 3.05) is 20.1 Å². The number of carbonyl (C=O) groups is 1. The lowest BCUT2D eigenvalue weighted by atomic mass is 10.0. The number of halogens is 1. The SMILES string of the molecule is CN=C(NCCNC(=O)c1ccccc1)NC(C)CCC(C)C.I. The molecule has 3 N–H and O–H groups in total. The second-order valence-corrected chi connectivity index (χ2v) is 6.14. The normalized spacial score (nSPS) is 12.3. The van der Waals surface area contributed by atoms with Gasteiger partial charge in [-0.3, -0.25) is 9.79 Å². The molecule has 0 spiro atoms. The number of nitrogens with zero attached hydrogens (tertiary/aromatic N) is 1. The van der Waals surface area contributed by atoms with Crippen LogP contribution in [0.25, 0.3) is 0 Å². The highest BCUT2D eigenvalue weighted by Crippen LogP contribution is 2.06. The first-order chi connectivity index (χ1) is 11.0. The van der Waals surface area contributed by atoms with Crippen LogP contribution in [0, 0.1) is 5.92 Å². The average Bonchev–Trinajstić information content (AvgIpc) is 2.56. The zero-order valence-electron chi connectivity index (χ0n) is 15.1. The molecule has 0 saturated heterocycles. The summed E-state index contributed by atoms with van der Waals surface area (Å²) in [7, 11) is 1.76. The highest BCUT2D eigenvalue weighted by Gasteiger charge is 2.07. The molecule has 0 aliphatic heterocycles. The second kappa shape index (κ2) is 13.0. The van der Waals surface area contributed by atoms with E-state index in [4.69, 9.17) is 0 Å². The quantitative estimate of drug-likeness (QED) is 0.249. The lowest BCUT2D eigenvalue weighted by Gasteiger charge is -2.18. The number of guanidine groups is 1. The van der Waals surface area contributed by atoms with Crippen molar-refractivity contribution in [2.45, 2.75) is 39.7 Å². The molecule has 1 atom stereocenters. The summed E-state index contributed by atoms with van der Waals surface area (Å²) in [4.78, 5) is 16.1. The third kappa shape index (κ3) is 9.75. The Balaban J connectivity index is 0.00000529. The number of benzene rings is 1. The van der Waals surface area contributed by atoms with Crippen molar-refractivity contribution in [3.05, 3.63) is 35.9 Å². The van der Waals surface area contributed by atoms with E-state index in [1.807, 2.05) is 18.2 Å². The fraction of sp³-hybridized carbons (Fsp3) is 0.556. The topological polar surface area (TPSA) is 65.5 Å². The van der Waals surface area contributed by atoms with E-state index in [1.54, 1.807) is 19.2 Å². The van der Waals surface area contributed by atoms with Crippen molar-refractivity contribution in [1.82, 2.24) is 16.0 Å². The number of hydrogen-bond acceptors (Lipinski definition) is 2. The predicted octanol–water partition coefficient (Wildman–Crippen LogP) is 3.02. The maximum absolute atomic E-state index is 11.9. The minimum Gasteiger partial charge on any atom is -0.355 e. The van der Waals surface area contributed by atoms with Crippen LogP contribution in [0.15, 0.2) is 35.3 Å². The van der Waals surface area contributed by atoms with Crippen LogP contribution in [0.5, 0.6) is 0 Å². The number of carbonyl (C=O) groups excluding carboxylic acids is 1. The Hall–Kier alpha value is -1.31. The van der Waals surface area contributed by atoms with Gasteiger partial charge in [0.2, 0.25) is 0 Å². The molecule has 0 saturated carbocycles. The maximum atomic E-state index is 11.9. The van der Waals surface area contributed by atoms with E-state index in [0.717, 1.165) is 12.4 Å². The Morgan fingerprint density at radius 3 is 2.25 bits per heavy atom. The lowest BCUT2D eigenvalue weighted by Crippen LogP contribution is -2.44. The van der Waals surface area contributed by atoms with E-state index in [1.165, 1.54) is 6.42 Å². The van der Waals surface area contributed by atoms with Gasteiger partial charge in [-0.2, -0.15) is 0 Å². The van der Waals surface area contributed by atoms with Gasteiger partial charge in [0.1, 0.15) is 0 Å². The molecular weight excluding hydrogens is 415 g/mol. The molecule has 0 fully saturated rings. The molecule has 1 aromatic carbocycles. The zero-order chi connectivity index (χ0) is 17.1. The molecule has 136 valence electrons. The highest BCUT2D eigenvalue weighted by molar-refractivity contribution is 14.0. The fourth-order valence-electron chi connectivity index (χ4n) is 2.13. The first kappa shape index (κ1) is 22.7. The summed E-state index contributed by atoms with van der Waals surface area (Å²) in [5, 5.41) is 9.47. The van der Waals surface area contributed by atoms with E-state index in [-0.39, 0.29) is 29.9 Å². The van der Waals surface area contributed by atoms with Crippen molar-refractivity contribution in [3.63, 3.8) is 0 Å². The molecule has 1 unspecified atom stereocenters. The maximum Gasteiger partial charge on any atom is 0.251 e. The number of hydrogen-bond donors (Lipinski definition) is 3. The molecule has 5 nitrogen and oxygen atoms in total. The summed E-state index contributed by atoms with van der Waals surface area (Å²) in [5.41, 5.74) is 0.678. The zero-order valence-corrected chi connectivity index (χ0v) is 17.5. The van der Waals surface area contributed by atoms with Crippen molar-refractivity contribution in [2.24, 2.45) is 10.9 Å². The number of rotatable bonds is 8. The summed E-state index contributed by atoms with van der Waals surface area (Å²) in [5.74, 6) is 1.43. The van der Waals surface area contributed by atoms with Gasteiger partial charge in [-0.1, -0.05) is 32.0 Å². The first-order valence-corrected chi connectivity index (χ1v) is 8.33. The summed E-state index contributed by atoms with van der Waals surface area (Å²) >= 11 is 0. The van der Waals surface area contributed by atoms with Crippen LogP contribution in [-0.4, -0.2) is 38.0 Å². The molecule has 24 heavy (non-hydrogen) atoms. The fourth-order valence-corrected chi connectivity index (χ4v) is 2.13. The van der Waals surface area contributed by atoms with Crippen LogP contribution in [0.1, 0.15) is 44.0 Å². The van der Waals surface area contributed by atoms with Crippen molar-refractivity contribution in [3.8, 4) is 0 Å². The average molecular weight is 446 g/mol. The smallest absolute Gasteiger partial charge is 0.251 e. The van der Waals surface area contributed by atoms with Crippen LogP contribution in [0.4, 0.5) is 0 Å². The van der Waals surface area contributed by atoms with Crippen LogP contribution in [0.2, 0.25) is 0 Å². The van der Waals surface area contributed by atoms with Crippen molar-refractivity contribution >= 4 is 35.8 Å². The largest absolute Gasteiger partial charge is 0.355 e. The molecular formula is C18H31IN4O. The van der Waals surface area contributed by atoms with Gasteiger partial charge in [0.25, 0.3) is 5.91 Å². The molecule has 6 heteroatoms. The summed E-state index contributed by atoms with van der Waals surface area (Å²) < 4.78 is 0. The van der Waals surface area contributed by atoms with Gasteiger partial charge in [0.15, 0.2) is 5.96 Å². The van der Waals surface area contributed by atoms with Crippen LogP contribution < -0.4 is 16.0 Å². The Morgan fingerprint density at radius 1 is 1.04 bits per heavy atom. The summed E-state index contributed by atoms with van der Waals surface area (Å²) in [6, 6.07) is 9.60. The Labute approximate surface area is 163 Å². The molecule has 0 aromatic heterocycles. The third-order valence-electron chi connectivity index (χ3n) is 3.52. The van der Waals surface area contributed by atoms with Gasteiger partial charge >= 0.3 is 0 Å². The summed E-state index contributed by atoms with van der Waals surface area (Å²) in [6.45, 7) is 7.81. The van der Waals surface area contributed by atoms with E-state index >= 15 is 0 Å². The minimum absolute atomic E-state index is 0. The molecule has 0 aliphatic rings. The van der Waals surface area contributed by atoms with Gasteiger partial charge in [-0.25, -0.2) is 0 Å². The van der Waals surface area contributed by atoms with Crippen LogP contribution in [0.3, 0.4) is 0 Å². The second-order valence-electron chi connectivity index (χ2n) is 6.14. The molecule has 0 heterocycles. The summed E-state index contributed by atoms with van der Waals surface area (Å²) in [6.07, 6.45) is 2.31. The molecule has 0 aliphatic carbocycles. The van der Waals surface area contributed by atoms with Gasteiger partial charge in [-0.05, 0) is 37.8 Å². The van der Waals surface area contributed by atoms with Crippen molar-refractivity contribution in [1.29, 1.82) is 0 Å². The molecule has 1 aromatic rings. The van der Waals surface area contributed by atoms with Gasteiger partial charge in [-0.15, -0.1) is 24.0 Å². The Bertz CT molecular complexity index is 491. The first-order valence-electron chi connectivity index (χ1n) is 8.33. The molecule has 1 amide bonds. The van der Waals surface area contributed by atoms with Gasteiger partial charge in [0.05, 0.1) is 0 Å².